The van der Waals surface area contributed by atoms with Gasteiger partial charge in [0.15, 0.2) is 0 Å². The minimum atomic E-state index is -0.231. The van der Waals surface area contributed by atoms with Crippen LogP contribution >= 0.6 is 15.9 Å². The molecule has 0 heterocycles. The maximum Gasteiger partial charge on any atom is 0.123 e. The quantitative estimate of drug-likeness (QED) is 0.726. The number of benzene rings is 2. The van der Waals surface area contributed by atoms with E-state index in [4.69, 9.17) is 4.74 Å². The van der Waals surface area contributed by atoms with Crippen molar-refractivity contribution in [3.63, 3.8) is 0 Å². The molecule has 0 aliphatic heterocycles. The van der Waals surface area contributed by atoms with Gasteiger partial charge in [-0.2, -0.15) is 0 Å². The number of ether oxygens (including phenoxy) is 1. The standard InChI is InChI=1S/C17H19BrFNO.ClH/c1-20(2)11-12-21-17(13-3-7-15(18)8-4-13)14-5-9-16(19)10-6-14;/h3-10,17H,11-12H2,1-2H3;1H. The fourth-order valence-corrected chi connectivity index (χ4v) is 2.31. The highest BCUT2D eigenvalue weighted by atomic mass is 79.9. The molecular weight excluding hydrogens is 369 g/mol. The Hall–Kier alpha value is -0.940. The summed E-state index contributed by atoms with van der Waals surface area (Å²) in [5.41, 5.74) is 2.03. The molecule has 0 saturated heterocycles. The Morgan fingerprint density at radius 1 is 1.00 bits per heavy atom. The van der Waals surface area contributed by atoms with Crippen LogP contribution in [-0.4, -0.2) is 27.2 Å². The van der Waals surface area contributed by atoms with E-state index in [9.17, 15) is 4.39 Å². The Bertz CT molecular complexity index is 514. The number of rotatable bonds is 6. The van der Waals surface area contributed by atoms with Crippen molar-refractivity contribution in [3.8, 4) is 0 Å². The molecule has 0 fully saturated rings. The number of halogens is 3. The molecule has 120 valence electrons. The summed E-state index contributed by atoms with van der Waals surface area (Å²) < 4.78 is 20.2. The molecule has 0 aromatic heterocycles. The molecule has 1 N–H and O–H groups in total. The molecule has 0 radical (unpaired) electrons. The lowest BCUT2D eigenvalue weighted by Gasteiger charge is -2.19. The molecule has 1 unspecified atom stereocenters. The van der Waals surface area contributed by atoms with Crippen LogP contribution in [0.2, 0.25) is 0 Å². The molecule has 0 saturated carbocycles. The Morgan fingerprint density at radius 3 is 2.00 bits per heavy atom. The zero-order chi connectivity index (χ0) is 15.2. The minimum Gasteiger partial charge on any atom is -1.00 e. The van der Waals surface area contributed by atoms with Gasteiger partial charge in [-0.05, 0) is 35.4 Å². The topological polar surface area (TPSA) is 13.7 Å². The lowest BCUT2D eigenvalue weighted by Crippen LogP contribution is -3.06. The van der Waals surface area contributed by atoms with Crippen molar-refractivity contribution < 1.29 is 26.4 Å². The number of hydrogen-bond acceptors (Lipinski definition) is 1. The monoisotopic (exact) mass is 387 g/mol. The van der Waals surface area contributed by atoms with Crippen LogP contribution in [0.4, 0.5) is 4.39 Å². The normalized spacial score (nSPS) is 12.0. The van der Waals surface area contributed by atoms with Gasteiger partial charge in [-0.1, -0.05) is 40.2 Å². The zero-order valence-corrected chi connectivity index (χ0v) is 15.0. The summed E-state index contributed by atoms with van der Waals surface area (Å²) in [6, 6.07) is 14.6. The molecule has 0 aliphatic rings. The van der Waals surface area contributed by atoms with Crippen LogP contribution in [0.25, 0.3) is 0 Å². The third-order valence-electron chi connectivity index (χ3n) is 3.23. The predicted octanol–water partition coefficient (Wildman–Crippen LogP) is -0.157. The summed E-state index contributed by atoms with van der Waals surface area (Å²) in [7, 11) is 4.19. The summed E-state index contributed by atoms with van der Waals surface area (Å²) in [4.78, 5) is 1.34. The molecule has 2 aromatic carbocycles. The van der Waals surface area contributed by atoms with Crippen molar-refractivity contribution in [3.05, 3.63) is 69.9 Å². The first-order chi connectivity index (χ1) is 10.1. The minimum absolute atomic E-state index is 0. The van der Waals surface area contributed by atoms with E-state index in [2.05, 4.69) is 30.0 Å². The maximum atomic E-state index is 13.1. The summed E-state index contributed by atoms with van der Waals surface area (Å²) in [6.45, 7) is 1.58. The second-order valence-corrected chi connectivity index (χ2v) is 6.23. The van der Waals surface area contributed by atoms with Crippen LogP contribution in [0.5, 0.6) is 0 Å². The molecule has 0 aliphatic carbocycles. The van der Waals surface area contributed by atoms with Crippen molar-refractivity contribution in [2.75, 3.05) is 27.2 Å². The molecule has 0 spiro atoms. The summed E-state index contributed by atoms with van der Waals surface area (Å²) in [5.74, 6) is -0.231. The van der Waals surface area contributed by atoms with Crippen LogP contribution in [0.3, 0.4) is 0 Å². The first kappa shape index (κ1) is 19.1. The predicted molar refractivity (Wildman–Crippen MR) is 86.0 cm³/mol. The average Bonchev–Trinajstić information content (AvgIpc) is 2.46. The average molecular weight is 389 g/mol. The Kier molecular flexibility index (Phi) is 8.04. The second kappa shape index (κ2) is 9.26. The van der Waals surface area contributed by atoms with E-state index in [1.54, 1.807) is 12.1 Å². The van der Waals surface area contributed by atoms with E-state index in [0.29, 0.717) is 6.61 Å². The van der Waals surface area contributed by atoms with E-state index in [0.717, 1.165) is 22.1 Å². The Morgan fingerprint density at radius 2 is 1.50 bits per heavy atom. The summed E-state index contributed by atoms with van der Waals surface area (Å²) in [5, 5.41) is 0. The van der Waals surface area contributed by atoms with Crippen LogP contribution in [-0.2, 0) is 4.74 Å². The van der Waals surface area contributed by atoms with E-state index in [-0.39, 0.29) is 24.3 Å². The summed E-state index contributed by atoms with van der Waals surface area (Å²) in [6.07, 6.45) is -0.168. The SMILES string of the molecule is C[NH+](C)CCOC(c1ccc(F)cc1)c1ccc(Br)cc1.[Cl-]. The van der Waals surface area contributed by atoms with E-state index < -0.39 is 0 Å². The van der Waals surface area contributed by atoms with Gasteiger partial charge in [0.2, 0.25) is 0 Å². The van der Waals surface area contributed by atoms with Gasteiger partial charge in [-0.3, -0.25) is 0 Å². The van der Waals surface area contributed by atoms with Gasteiger partial charge in [-0.15, -0.1) is 0 Å². The molecule has 0 bridgehead atoms. The fourth-order valence-electron chi connectivity index (χ4n) is 2.04. The van der Waals surface area contributed by atoms with Crippen molar-refractivity contribution >= 4 is 15.9 Å². The van der Waals surface area contributed by atoms with E-state index >= 15 is 0 Å². The highest BCUT2D eigenvalue weighted by molar-refractivity contribution is 9.10. The highest BCUT2D eigenvalue weighted by Crippen LogP contribution is 2.27. The van der Waals surface area contributed by atoms with Crippen LogP contribution in [0, 0.1) is 5.82 Å². The van der Waals surface area contributed by atoms with Crippen molar-refractivity contribution in [1.82, 2.24) is 0 Å². The van der Waals surface area contributed by atoms with Crippen molar-refractivity contribution in [1.29, 1.82) is 0 Å². The number of hydrogen-bond donors (Lipinski definition) is 1. The lowest BCUT2D eigenvalue weighted by molar-refractivity contribution is -0.858. The number of quaternary nitrogens is 1. The highest BCUT2D eigenvalue weighted by Gasteiger charge is 2.15. The largest absolute Gasteiger partial charge is 1.00 e. The smallest absolute Gasteiger partial charge is 0.123 e. The van der Waals surface area contributed by atoms with Gasteiger partial charge in [-0.25, -0.2) is 4.39 Å². The van der Waals surface area contributed by atoms with Gasteiger partial charge in [0, 0.05) is 4.47 Å². The molecular formula is C17H20BrClFNO. The lowest BCUT2D eigenvalue weighted by atomic mass is 10.0. The van der Waals surface area contributed by atoms with E-state index in [1.165, 1.54) is 17.0 Å². The molecule has 22 heavy (non-hydrogen) atoms. The van der Waals surface area contributed by atoms with Crippen LogP contribution in [0.15, 0.2) is 53.0 Å². The van der Waals surface area contributed by atoms with Gasteiger partial charge >= 0.3 is 0 Å². The zero-order valence-electron chi connectivity index (χ0n) is 12.7. The third kappa shape index (κ3) is 5.69. The van der Waals surface area contributed by atoms with Gasteiger partial charge < -0.3 is 22.0 Å². The van der Waals surface area contributed by atoms with Crippen molar-refractivity contribution in [2.45, 2.75) is 6.10 Å². The maximum absolute atomic E-state index is 13.1. The summed E-state index contributed by atoms with van der Waals surface area (Å²) >= 11 is 3.44. The van der Waals surface area contributed by atoms with Gasteiger partial charge in [0.1, 0.15) is 18.5 Å². The third-order valence-corrected chi connectivity index (χ3v) is 3.76. The molecule has 0 amide bonds. The molecule has 1 atom stereocenters. The first-order valence-electron chi connectivity index (χ1n) is 6.98. The van der Waals surface area contributed by atoms with Crippen molar-refractivity contribution in [2.24, 2.45) is 0 Å². The molecule has 5 heteroatoms. The number of likely N-dealkylation sites (N-methyl/N-ethyl adjacent to an activating group) is 1. The van der Waals surface area contributed by atoms with Crippen LogP contribution in [0.1, 0.15) is 17.2 Å². The van der Waals surface area contributed by atoms with Gasteiger partial charge in [0.05, 0.1) is 20.7 Å². The Balaban J connectivity index is 0.00000242. The molecule has 2 rings (SSSR count). The molecule has 2 nitrogen and oxygen atoms in total. The number of nitrogens with one attached hydrogen (secondary N) is 1. The van der Waals surface area contributed by atoms with Crippen LogP contribution < -0.4 is 17.3 Å². The second-order valence-electron chi connectivity index (χ2n) is 5.31. The first-order valence-corrected chi connectivity index (χ1v) is 7.77. The van der Waals surface area contributed by atoms with E-state index in [1.807, 2.05) is 24.3 Å². The fraction of sp³-hybridized carbons (Fsp3) is 0.294. The van der Waals surface area contributed by atoms with Gasteiger partial charge in [0.25, 0.3) is 0 Å². The molecule has 2 aromatic rings. The Labute approximate surface area is 145 Å².